The quantitative estimate of drug-likeness (QED) is 0.185. The zero-order valence-corrected chi connectivity index (χ0v) is 19.9. The summed E-state index contributed by atoms with van der Waals surface area (Å²) in [6, 6.07) is 25.7. The molecule has 0 aromatic heterocycles. The molecule has 0 atom stereocenters. The predicted molar refractivity (Wildman–Crippen MR) is 132 cm³/mol. The van der Waals surface area contributed by atoms with Gasteiger partial charge in [0.25, 0.3) is 0 Å². The highest BCUT2D eigenvalue weighted by atomic mass is 16.6. The van der Waals surface area contributed by atoms with E-state index in [0.717, 1.165) is 12.8 Å². The van der Waals surface area contributed by atoms with Crippen molar-refractivity contribution in [1.29, 1.82) is 0 Å². The van der Waals surface area contributed by atoms with Crippen LogP contribution in [0, 0.1) is 0 Å². The number of esters is 3. The maximum absolute atomic E-state index is 13.0. The average molecular weight is 475 g/mol. The van der Waals surface area contributed by atoms with E-state index in [-0.39, 0.29) is 13.2 Å². The molecule has 0 unspecified atom stereocenters. The average Bonchev–Trinajstić information content (AvgIpc) is 2.92. The highest BCUT2D eigenvalue weighted by Gasteiger charge is 2.38. The Kier molecular flexibility index (Phi) is 9.60. The molecule has 6 nitrogen and oxygen atoms in total. The summed E-state index contributed by atoms with van der Waals surface area (Å²) in [6.45, 7) is 1.57. The van der Waals surface area contributed by atoms with E-state index in [4.69, 9.17) is 14.2 Å². The van der Waals surface area contributed by atoms with Crippen LogP contribution in [-0.4, -0.2) is 36.7 Å². The Morgan fingerprint density at radius 1 is 0.600 bits per heavy atom. The van der Waals surface area contributed by atoms with Crippen molar-refractivity contribution < 1.29 is 28.6 Å². The molecular weight excluding hydrogens is 444 g/mol. The van der Waals surface area contributed by atoms with E-state index < -0.39 is 23.5 Å². The second-order valence-electron chi connectivity index (χ2n) is 8.28. The molecule has 0 aliphatic heterocycles. The number of carbonyl (C=O) groups excluding carboxylic acids is 3. The molecule has 0 saturated carbocycles. The van der Waals surface area contributed by atoms with Gasteiger partial charge >= 0.3 is 17.9 Å². The van der Waals surface area contributed by atoms with Gasteiger partial charge < -0.3 is 14.2 Å². The molecule has 3 aromatic rings. The van der Waals surface area contributed by atoms with Crippen LogP contribution in [0.25, 0.3) is 0 Å². The maximum Gasteiger partial charge on any atom is 0.338 e. The van der Waals surface area contributed by atoms with Crippen LogP contribution in [0.1, 0.15) is 63.7 Å². The van der Waals surface area contributed by atoms with Gasteiger partial charge in [-0.2, -0.15) is 0 Å². The molecule has 35 heavy (non-hydrogen) atoms. The van der Waals surface area contributed by atoms with Gasteiger partial charge in [0.1, 0.15) is 13.2 Å². The molecule has 0 saturated heterocycles. The van der Waals surface area contributed by atoms with Crippen LogP contribution >= 0.6 is 0 Å². The highest BCUT2D eigenvalue weighted by molar-refractivity contribution is 5.91. The zero-order valence-electron chi connectivity index (χ0n) is 19.9. The van der Waals surface area contributed by atoms with Crippen LogP contribution in [-0.2, 0) is 14.2 Å². The molecular formula is C29H30O6. The van der Waals surface area contributed by atoms with Gasteiger partial charge in [0.2, 0.25) is 0 Å². The number of carbonyl (C=O) groups is 3. The van der Waals surface area contributed by atoms with Gasteiger partial charge in [-0.05, 0) is 49.2 Å². The Bertz CT molecular complexity index is 1020. The topological polar surface area (TPSA) is 78.9 Å². The lowest BCUT2D eigenvalue weighted by atomic mass is 9.97. The van der Waals surface area contributed by atoms with Gasteiger partial charge in [-0.25, -0.2) is 14.4 Å². The van der Waals surface area contributed by atoms with Crippen molar-refractivity contribution >= 4 is 17.9 Å². The molecule has 0 radical (unpaired) electrons. The summed E-state index contributed by atoms with van der Waals surface area (Å²) in [7, 11) is 0. The van der Waals surface area contributed by atoms with E-state index in [1.807, 2.05) is 0 Å². The third-order valence-corrected chi connectivity index (χ3v) is 5.51. The first-order chi connectivity index (χ1) is 17.0. The number of ether oxygens (including phenoxy) is 3. The molecule has 0 amide bonds. The van der Waals surface area contributed by atoms with Crippen LogP contribution < -0.4 is 0 Å². The standard InChI is InChI=1S/C29H30O6/c1-2-3-13-20-29(35-28(32)25-18-11-6-12-19-25,21-33-26(30)23-14-7-4-8-15-23)22-34-27(31)24-16-9-5-10-17-24/h4-12,14-19H,2-3,13,20-22H2,1H3. The van der Waals surface area contributed by atoms with E-state index in [2.05, 4.69) is 6.92 Å². The number of hydrogen-bond acceptors (Lipinski definition) is 6. The maximum atomic E-state index is 13.0. The number of benzene rings is 3. The molecule has 0 fully saturated rings. The van der Waals surface area contributed by atoms with Crippen molar-refractivity contribution in [3.63, 3.8) is 0 Å². The minimum Gasteiger partial charge on any atom is -0.458 e. The third kappa shape index (κ3) is 7.81. The van der Waals surface area contributed by atoms with E-state index >= 15 is 0 Å². The van der Waals surface area contributed by atoms with Crippen LogP contribution in [0.3, 0.4) is 0 Å². The summed E-state index contributed by atoms with van der Waals surface area (Å²) in [5, 5.41) is 0. The fourth-order valence-corrected chi connectivity index (χ4v) is 3.53. The summed E-state index contributed by atoms with van der Waals surface area (Å²) >= 11 is 0. The fraction of sp³-hybridized carbons (Fsp3) is 0.276. The van der Waals surface area contributed by atoms with Crippen LogP contribution in [0.4, 0.5) is 0 Å². The normalized spacial score (nSPS) is 10.9. The van der Waals surface area contributed by atoms with Crippen molar-refractivity contribution in [1.82, 2.24) is 0 Å². The van der Waals surface area contributed by atoms with E-state index in [0.29, 0.717) is 29.5 Å². The first-order valence-electron chi connectivity index (χ1n) is 11.8. The molecule has 0 spiro atoms. The predicted octanol–water partition coefficient (Wildman–Crippen LogP) is 5.88. The van der Waals surface area contributed by atoms with Crippen molar-refractivity contribution in [3.8, 4) is 0 Å². The van der Waals surface area contributed by atoms with Gasteiger partial charge in [-0.3, -0.25) is 0 Å². The van der Waals surface area contributed by atoms with Gasteiger partial charge in [0.05, 0.1) is 16.7 Å². The second kappa shape index (κ2) is 13.1. The van der Waals surface area contributed by atoms with Crippen molar-refractivity contribution in [2.75, 3.05) is 13.2 Å². The summed E-state index contributed by atoms with van der Waals surface area (Å²) in [5.41, 5.74) is -0.218. The van der Waals surface area contributed by atoms with Crippen molar-refractivity contribution in [2.45, 2.75) is 38.2 Å². The molecule has 0 aliphatic carbocycles. The molecule has 3 rings (SSSR count). The lowest BCUT2D eigenvalue weighted by molar-refractivity contribution is -0.0896. The van der Waals surface area contributed by atoms with Gasteiger partial charge in [0.15, 0.2) is 5.60 Å². The van der Waals surface area contributed by atoms with Crippen LogP contribution in [0.5, 0.6) is 0 Å². The first-order valence-corrected chi connectivity index (χ1v) is 11.8. The van der Waals surface area contributed by atoms with Gasteiger partial charge in [0, 0.05) is 0 Å². The zero-order chi connectivity index (χ0) is 24.9. The van der Waals surface area contributed by atoms with Gasteiger partial charge in [-0.15, -0.1) is 0 Å². The van der Waals surface area contributed by atoms with E-state index in [1.165, 1.54) is 0 Å². The van der Waals surface area contributed by atoms with Gasteiger partial charge in [-0.1, -0.05) is 74.4 Å². The lowest BCUT2D eigenvalue weighted by Crippen LogP contribution is -2.45. The number of unbranched alkanes of at least 4 members (excludes halogenated alkanes) is 2. The van der Waals surface area contributed by atoms with Crippen molar-refractivity contribution in [3.05, 3.63) is 108 Å². The Morgan fingerprint density at radius 3 is 1.40 bits per heavy atom. The Labute approximate surface area is 205 Å². The summed E-state index contributed by atoms with van der Waals surface area (Å²) in [5.74, 6) is -1.67. The fourth-order valence-electron chi connectivity index (χ4n) is 3.53. The van der Waals surface area contributed by atoms with Crippen LogP contribution in [0.2, 0.25) is 0 Å². The Balaban J connectivity index is 1.83. The third-order valence-electron chi connectivity index (χ3n) is 5.51. The lowest BCUT2D eigenvalue weighted by Gasteiger charge is -2.32. The van der Waals surface area contributed by atoms with Crippen LogP contribution in [0.15, 0.2) is 91.0 Å². The first kappa shape index (κ1) is 25.7. The summed E-state index contributed by atoms with van der Waals surface area (Å²) in [4.78, 5) is 38.4. The smallest absolute Gasteiger partial charge is 0.338 e. The summed E-state index contributed by atoms with van der Waals surface area (Å²) in [6.07, 6.45) is 2.88. The molecule has 0 aliphatic rings. The molecule has 6 heteroatoms. The summed E-state index contributed by atoms with van der Waals surface area (Å²) < 4.78 is 17.1. The highest BCUT2D eigenvalue weighted by Crippen LogP contribution is 2.25. The van der Waals surface area contributed by atoms with Crippen molar-refractivity contribution in [2.24, 2.45) is 0 Å². The molecule has 182 valence electrons. The SMILES string of the molecule is CCCCCC(COC(=O)c1ccccc1)(COC(=O)c1ccccc1)OC(=O)c1ccccc1. The monoisotopic (exact) mass is 474 g/mol. The van der Waals surface area contributed by atoms with E-state index in [1.54, 1.807) is 91.0 Å². The molecule has 3 aromatic carbocycles. The number of hydrogen-bond donors (Lipinski definition) is 0. The second-order valence-corrected chi connectivity index (χ2v) is 8.28. The Morgan fingerprint density at radius 2 is 1.00 bits per heavy atom. The van der Waals surface area contributed by atoms with E-state index in [9.17, 15) is 14.4 Å². The minimum absolute atomic E-state index is 0.245. The molecule has 0 heterocycles. The minimum atomic E-state index is -1.34. The molecule has 0 bridgehead atoms. The Hall–Kier alpha value is -3.93. The largest absolute Gasteiger partial charge is 0.458 e. The number of rotatable bonds is 12. The molecule has 0 N–H and O–H groups in total.